The van der Waals surface area contributed by atoms with Crippen molar-refractivity contribution in [3.8, 4) is 0 Å². The standard InChI is InChI=1S/C16H20N4O.ClH/c1-12-4-2-5-13(10-12)18-16(21)15-7-9-20(19-15)14-6-3-8-17-11-14;/h2,4-5,7,9-10,14,17H,3,6,8,11H2,1H3,(H,18,21);1H. The summed E-state index contributed by atoms with van der Waals surface area (Å²) in [5.74, 6) is -0.164. The van der Waals surface area contributed by atoms with Crippen molar-refractivity contribution in [1.29, 1.82) is 0 Å². The summed E-state index contributed by atoms with van der Waals surface area (Å²) in [7, 11) is 0. The number of rotatable bonds is 3. The quantitative estimate of drug-likeness (QED) is 0.914. The minimum Gasteiger partial charge on any atom is -0.321 e. The van der Waals surface area contributed by atoms with E-state index in [4.69, 9.17) is 0 Å². The van der Waals surface area contributed by atoms with Crippen molar-refractivity contribution in [2.24, 2.45) is 0 Å². The first-order valence-electron chi connectivity index (χ1n) is 7.36. The predicted molar refractivity (Wildman–Crippen MR) is 89.7 cm³/mol. The van der Waals surface area contributed by atoms with Crippen LogP contribution in [0.3, 0.4) is 0 Å². The Morgan fingerprint density at radius 1 is 1.41 bits per heavy atom. The van der Waals surface area contributed by atoms with Crippen molar-refractivity contribution >= 4 is 24.0 Å². The number of nitrogens with zero attached hydrogens (tertiary/aromatic N) is 2. The Morgan fingerprint density at radius 2 is 2.27 bits per heavy atom. The van der Waals surface area contributed by atoms with Gasteiger partial charge in [0.2, 0.25) is 0 Å². The number of nitrogens with one attached hydrogen (secondary N) is 2. The van der Waals surface area contributed by atoms with Gasteiger partial charge in [-0.2, -0.15) is 5.10 Å². The minimum atomic E-state index is -0.164. The summed E-state index contributed by atoms with van der Waals surface area (Å²) in [6, 6.07) is 9.88. The van der Waals surface area contributed by atoms with E-state index in [9.17, 15) is 4.79 Å². The molecule has 5 nitrogen and oxygen atoms in total. The second-order valence-electron chi connectivity index (χ2n) is 5.50. The minimum absolute atomic E-state index is 0. The molecule has 1 fully saturated rings. The molecule has 22 heavy (non-hydrogen) atoms. The summed E-state index contributed by atoms with van der Waals surface area (Å²) in [6.07, 6.45) is 4.14. The maximum Gasteiger partial charge on any atom is 0.276 e. The number of piperidine rings is 1. The molecule has 0 radical (unpaired) electrons. The summed E-state index contributed by atoms with van der Waals surface area (Å²) in [5.41, 5.74) is 2.38. The molecule has 2 aromatic rings. The third-order valence-electron chi connectivity index (χ3n) is 3.76. The largest absolute Gasteiger partial charge is 0.321 e. The Morgan fingerprint density at radius 3 is 3.00 bits per heavy atom. The number of hydrogen-bond acceptors (Lipinski definition) is 3. The number of benzene rings is 1. The SMILES string of the molecule is Cc1cccc(NC(=O)c2ccn(C3CCCNC3)n2)c1.Cl. The summed E-state index contributed by atoms with van der Waals surface area (Å²) in [6.45, 7) is 3.99. The fraction of sp³-hybridized carbons (Fsp3) is 0.375. The molecule has 1 aliphatic heterocycles. The van der Waals surface area contributed by atoms with Crippen molar-refractivity contribution in [1.82, 2.24) is 15.1 Å². The Kier molecular flexibility index (Phi) is 5.57. The first-order chi connectivity index (χ1) is 10.2. The molecule has 1 unspecified atom stereocenters. The number of anilines is 1. The van der Waals surface area contributed by atoms with E-state index in [1.54, 1.807) is 6.07 Å². The number of aryl methyl sites for hydroxylation is 1. The van der Waals surface area contributed by atoms with Crippen LogP contribution in [0.15, 0.2) is 36.5 Å². The van der Waals surface area contributed by atoms with E-state index in [-0.39, 0.29) is 18.3 Å². The van der Waals surface area contributed by atoms with Gasteiger partial charge in [0.25, 0.3) is 5.91 Å². The Labute approximate surface area is 136 Å². The van der Waals surface area contributed by atoms with Crippen LogP contribution in [0.1, 0.15) is 34.9 Å². The molecule has 1 aromatic carbocycles. The molecular formula is C16H21ClN4O. The lowest BCUT2D eigenvalue weighted by molar-refractivity contribution is 0.102. The van der Waals surface area contributed by atoms with Crippen LogP contribution >= 0.6 is 12.4 Å². The molecule has 118 valence electrons. The molecule has 2 N–H and O–H groups in total. The molecule has 1 atom stereocenters. The van der Waals surface area contributed by atoms with Gasteiger partial charge in [-0.3, -0.25) is 9.48 Å². The van der Waals surface area contributed by atoms with E-state index < -0.39 is 0 Å². The van der Waals surface area contributed by atoms with Gasteiger partial charge in [0.15, 0.2) is 5.69 Å². The molecule has 1 aromatic heterocycles. The highest BCUT2D eigenvalue weighted by Gasteiger charge is 2.17. The average Bonchev–Trinajstić information content (AvgIpc) is 2.98. The summed E-state index contributed by atoms with van der Waals surface area (Å²) in [4.78, 5) is 12.2. The third-order valence-corrected chi connectivity index (χ3v) is 3.76. The van der Waals surface area contributed by atoms with Crippen molar-refractivity contribution in [2.45, 2.75) is 25.8 Å². The van der Waals surface area contributed by atoms with Gasteiger partial charge in [0, 0.05) is 18.4 Å². The first-order valence-corrected chi connectivity index (χ1v) is 7.36. The van der Waals surface area contributed by atoms with E-state index in [0.29, 0.717) is 11.7 Å². The lowest BCUT2D eigenvalue weighted by Crippen LogP contribution is -2.32. The molecular weight excluding hydrogens is 300 g/mol. The van der Waals surface area contributed by atoms with Crippen LogP contribution < -0.4 is 10.6 Å². The molecule has 1 saturated heterocycles. The smallest absolute Gasteiger partial charge is 0.276 e. The Hall–Kier alpha value is -1.85. The monoisotopic (exact) mass is 320 g/mol. The van der Waals surface area contributed by atoms with Gasteiger partial charge in [-0.05, 0) is 50.1 Å². The topological polar surface area (TPSA) is 59.0 Å². The number of aromatic nitrogens is 2. The number of carbonyl (C=O) groups excluding carboxylic acids is 1. The molecule has 1 amide bonds. The van der Waals surface area contributed by atoms with E-state index in [2.05, 4.69) is 15.7 Å². The zero-order valence-electron chi connectivity index (χ0n) is 12.6. The summed E-state index contributed by atoms with van der Waals surface area (Å²) in [5, 5.41) is 10.7. The van der Waals surface area contributed by atoms with Crippen LogP contribution in [-0.2, 0) is 0 Å². The van der Waals surface area contributed by atoms with Crippen LogP contribution in [-0.4, -0.2) is 28.8 Å². The normalized spacial score (nSPS) is 17.6. The van der Waals surface area contributed by atoms with Crippen LogP contribution in [0, 0.1) is 6.92 Å². The van der Waals surface area contributed by atoms with Gasteiger partial charge in [-0.1, -0.05) is 12.1 Å². The molecule has 2 heterocycles. The highest BCUT2D eigenvalue weighted by molar-refractivity contribution is 6.02. The molecule has 3 rings (SSSR count). The van der Waals surface area contributed by atoms with E-state index in [0.717, 1.165) is 37.2 Å². The highest BCUT2D eigenvalue weighted by atomic mass is 35.5. The second-order valence-corrected chi connectivity index (χ2v) is 5.50. The zero-order valence-corrected chi connectivity index (χ0v) is 13.4. The molecule has 0 saturated carbocycles. The van der Waals surface area contributed by atoms with Gasteiger partial charge in [0.1, 0.15) is 0 Å². The summed E-state index contributed by atoms with van der Waals surface area (Å²) >= 11 is 0. The van der Waals surface area contributed by atoms with Crippen LogP contribution in [0.4, 0.5) is 5.69 Å². The highest BCUT2D eigenvalue weighted by Crippen LogP contribution is 2.16. The molecule has 0 bridgehead atoms. The molecule has 0 aliphatic carbocycles. The van der Waals surface area contributed by atoms with Crippen molar-refractivity contribution in [3.05, 3.63) is 47.8 Å². The fourth-order valence-electron chi connectivity index (χ4n) is 2.64. The van der Waals surface area contributed by atoms with Crippen molar-refractivity contribution in [2.75, 3.05) is 18.4 Å². The average molecular weight is 321 g/mol. The number of amides is 1. The van der Waals surface area contributed by atoms with E-state index in [1.807, 2.05) is 42.1 Å². The molecule has 1 aliphatic rings. The fourth-order valence-corrected chi connectivity index (χ4v) is 2.64. The number of hydrogen-bond donors (Lipinski definition) is 2. The first kappa shape index (κ1) is 16.5. The zero-order chi connectivity index (χ0) is 14.7. The number of carbonyl (C=O) groups is 1. The lowest BCUT2D eigenvalue weighted by Gasteiger charge is -2.22. The van der Waals surface area contributed by atoms with Gasteiger partial charge >= 0.3 is 0 Å². The second kappa shape index (κ2) is 7.42. The van der Waals surface area contributed by atoms with Crippen LogP contribution in [0.5, 0.6) is 0 Å². The molecule has 6 heteroatoms. The Balaban J connectivity index is 0.00000176. The van der Waals surface area contributed by atoms with Crippen molar-refractivity contribution in [3.63, 3.8) is 0 Å². The third kappa shape index (κ3) is 3.87. The maximum absolute atomic E-state index is 12.2. The van der Waals surface area contributed by atoms with Gasteiger partial charge in [0.05, 0.1) is 6.04 Å². The predicted octanol–water partition coefficient (Wildman–Crippen LogP) is 2.79. The maximum atomic E-state index is 12.2. The van der Waals surface area contributed by atoms with Gasteiger partial charge < -0.3 is 10.6 Å². The number of halogens is 1. The van der Waals surface area contributed by atoms with Crippen LogP contribution in [0.25, 0.3) is 0 Å². The molecule has 0 spiro atoms. The summed E-state index contributed by atoms with van der Waals surface area (Å²) < 4.78 is 1.90. The lowest BCUT2D eigenvalue weighted by atomic mass is 10.1. The Bertz CT molecular complexity index is 635. The van der Waals surface area contributed by atoms with Crippen molar-refractivity contribution < 1.29 is 4.79 Å². The van der Waals surface area contributed by atoms with E-state index >= 15 is 0 Å². The van der Waals surface area contributed by atoms with Gasteiger partial charge in [-0.25, -0.2) is 0 Å². The van der Waals surface area contributed by atoms with E-state index in [1.165, 1.54) is 0 Å². The van der Waals surface area contributed by atoms with Gasteiger partial charge in [-0.15, -0.1) is 12.4 Å². The van der Waals surface area contributed by atoms with Crippen LogP contribution in [0.2, 0.25) is 0 Å².